The molecule has 0 spiro atoms. The van der Waals surface area contributed by atoms with Gasteiger partial charge in [-0.2, -0.15) is 0 Å². The second-order valence-corrected chi connectivity index (χ2v) is 2.70. The molecule has 1 N–H and O–H groups in total. The fraction of sp³-hybridized carbons (Fsp3) is 0.182. The molecule has 0 radical (unpaired) electrons. The summed E-state index contributed by atoms with van der Waals surface area (Å²) in [6.07, 6.45) is 4.40. The van der Waals surface area contributed by atoms with Crippen LogP contribution < -0.4 is 0 Å². The lowest BCUT2D eigenvalue weighted by Crippen LogP contribution is -1.93. The molecule has 3 heteroatoms. The van der Waals surface area contributed by atoms with Crippen molar-refractivity contribution in [1.82, 2.24) is 0 Å². The summed E-state index contributed by atoms with van der Waals surface area (Å²) in [5, 5.41) is 9.01. The highest BCUT2D eigenvalue weighted by Crippen LogP contribution is 2.10. The van der Waals surface area contributed by atoms with Gasteiger partial charge in [-0.25, -0.2) is 0 Å². The van der Waals surface area contributed by atoms with E-state index in [0.29, 0.717) is 12.9 Å². The zero-order valence-electron chi connectivity index (χ0n) is 7.72. The van der Waals surface area contributed by atoms with Gasteiger partial charge in [-0.3, -0.25) is 0 Å². The number of ether oxygens (including phenoxy) is 1. The second kappa shape index (κ2) is 5.94. The van der Waals surface area contributed by atoms with E-state index in [9.17, 15) is 4.79 Å². The lowest BCUT2D eigenvalue weighted by molar-refractivity contribution is -0.111. The van der Waals surface area contributed by atoms with Crippen molar-refractivity contribution in [3.63, 3.8) is 0 Å². The van der Waals surface area contributed by atoms with Crippen LogP contribution in [0.3, 0.4) is 0 Å². The molecular formula is C11H12O3. The van der Waals surface area contributed by atoms with E-state index in [4.69, 9.17) is 9.84 Å². The predicted molar refractivity (Wildman–Crippen MR) is 54.0 cm³/mol. The lowest BCUT2D eigenvalue weighted by Gasteiger charge is -1.94. The molecular weight excluding hydrogens is 180 g/mol. The topological polar surface area (TPSA) is 46.5 Å². The summed E-state index contributed by atoms with van der Waals surface area (Å²) >= 11 is 0. The highest BCUT2D eigenvalue weighted by molar-refractivity contribution is 5.51. The molecule has 0 aliphatic rings. The van der Waals surface area contributed by atoms with Crippen LogP contribution in [0.15, 0.2) is 30.3 Å². The summed E-state index contributed by atoms with van der Waals surface area (Å²) in [5.74, 6) is 0.249. The molecule has 0 fully saturated rings. The number of aromatic hydroxyl groups is 1. The first-order chi connectivity index (χ1) is 6.83. The predicted octanol–water partition coefficient (Wildman–Crippen LogP) is 1.62. The van der Waals surface area contributed by atoms with Crippen LogP contribution in [0.25, 0.3) is 6.08 Å². The summed E-state index contributed by atoms with van der Waals surface area (Å²) < 4.78 is 4.92. The number of carbonyl (C=O) groups excluding carboxylic acids is 1. The van der Waals surface area contributed by atoms with E-state index in [2.05, 4.69) is 0 Å². The van der Waals surface area contributed by atoms with Gasteiger partial charge in [0.2, 0.25) is 0 Å². The van der Waals surface area contributed by atoms with Crippen LogP contribution in [0.4, 0.5) is 0 Å². The quantitative estimate of drug-likeness (QED) is 0.569. The molecule has 0 aliphatic carbocycles. The molecule has 0 aliphatic heterocycles. The third-order valence-electron chi connectivity index (χ3n) is 1.60. The molecule has 1 aromatic rings. The van der Waals surface area contributed by atoms with Crippen LogP contribution in [0, 0.1) is 0 Å². The Bertz CT molecular complexity index is 301. The highest BCUT2D eigenvalue weighted by atomic mass is 16.5. The molecule has 0 saturated heterocycles. The van der Waals surface area contributed by atoms with E-state index in [1.165, 1.54) is 0 Å². The Kier molecular flexibility index (Phi) is 4.44. The number of benzene rings is 1. The van der Waals surface area contributed by atoms with E-state index >= 15 is 0 Å². The molecule has 0 amide bonds. The molecule has 0 unspecified atom stereocenters. The van der Waals surface area contributed by atoms with Gasteiger partial charge in [-0.05, 0) is 17.7 Å². The standard InChI is InChI=1S/C11H12O3/c12-7-9-14-8-1-2-10-3-5-11(13)6-4-10/h1-7,13H,8-9H2. The van der Waals surface area contributed by atoms with Gasteiger partial charge >= 0.3 is 0 Å². The van der Waals surface area contributed by atoms with Crippen molar-refractivity contribution in [3.05, 3.63) is 35.9 Å². The smallest absolute Gasteiger partial charge is 0.145 e. The van der Waals surface area contributed by atoms with Gasteiger partial charge in [0.25, 0.3) is 0 Å². The number of phenols is 1. The monoisotopic (exact) mass is 192 g/mol. The average Bonchev–Trinajstić information content (AvgIpc) is 2.21. The Hall–Kier alpha value is -1.61. The summed E-state index contributed by atoms with van der Waals surface area (Å²) in [6, 6.07) is 6.83. The molecule has 0 bridgehead atoms. The van der Waals surface area contributed by atoms with Crippen LogP contribution in [0.2, 0.25) is 0 Å². The average molecular weight is 192 g/mol. The SMILES string of the molecule is O=CCOCC=Cc1ccc(O)cc1. The lowest BCUT2D eigenvalue weighted by atomic mass is 10.2. The van der Waals surface area contributed by atoms with E-state index in [1.54, 1.807) is 24.3 Å². The van der Waals surface area contributed by atoms with Crippen LogP contribution in [-0.4, -0.2) is 24.6 Å². The summed E-state index contributed by atoms with van der Waals surface area (Å²) in [4.78, 5) is 9.90. The van der Waals surface area contributed by atoms with E-state index < -0.39 is 0 Å². The normalized spacial score (nSPS) is 10.6. The first-order valence-corrected chi connectivity index (χ1v) is 4.30. The molecule has 14 heavy (non-hydrogen) atoms. The van der Waals surface area contributed by atoms with E-state index in [-0.39, 0.29) is 12.4 Å². The van der Waals surface area contributed by atoms with Crippen molar-refractivity contribution < 1.29 is 14.6 Å². The Morgan fingerprint density at radius 2 is 1.93 bits per heavy atom. The Labute approximate surface area is 82.6 Å². The molecule has 0 aromatic heterocycles. The maximum Gasteiger partial charge on any atom is 0.145 e. The number of rotatable bonds is 5. The number of hydrogen-bond donors (Lipinski definition) is 1. The van der Waals surface area contributed by atoms with Crippen LogP contribution in [0.5, 0.6) is 5.75 Å². The summed E-state index contributed by atoms with van der Waals surface area (Å²) in [5.41, 5.74) is 0.984. The first-order valence-electron chi connectivity index (χ1n) is 4.30. The first kappa shape index (κ1) is 10.5. The summed E-state index contributed by atoms with van der Waals surface area (Å²) in [7, 11) is 0. The van der Waals surface area contributed by atoms with Gasteiger partial charge in [0.1, 0.15) is 18.6 Å². The van der Waals surface area contributed by atoms with Gasteiger partial charge in [-0.1, -0.05) is 24.3 Å². The molecule has 3 nitrogen and oxygen atoms in total. The third kappa shape index (κ3) is 3.87. The minimum atomic E-state index is 0.125. The molecule has 0 saturated carbocycles. The largest absolute Gasteiger partial charge is 0.508 e. The van der Waals surface area contributed by atoms with Crippen molar-refractivity contribution in [2.45, 2.75) is 0 Å². The van der Waals surface area contributed by atoms with Gasteiger partial charge in [0.05, 0.1) is 6.61 Å². The fourth-order valence-electron chi connectivity index (χ4n) is 0.954. The van der Waals surface area contributed by atoms with Crippen molar-refractivity contribution in [2.75, 3.05) is 13.2 Å². The van der Waals surface area contributed by atoms with Gasteiger partial charge in [-0.15, -0.1) is 0 Å². The molecule has 1 aromatic carbocycles. The molecule has 1 rings (SSSR count). The molecule has 74 valence electrons. The minimum Gasteiger partial charge on any atom is -0.508 e. The van der Waals surface area contributed by atoms with Crippen LogP contribution in [-0.2, 0) is 9.53 Å². The van der Waals surface area contributed by atoms with Crippen LogP contribution in [0.1, 0.15) is 5.56 Å². The Morgan fingerprint density at radius 3 is 2.57 bits per heavy atom. The van der Waals surface area contributed by atoms with Crippen molar-refractivity contribution in [2.24, 2.45) is 0 Å². The van der Waals surface area contributed by atoms with Crippen molar-refractivity contribution >= 4 is 12.4 Å². The van der Waals surface area contributed by atoms with E-state index in [1.807, 2.05) is 12.2 Å². The maximum absolute atomic E-state index is 9.90. The van der Waals surface area contributed by atoms with Crippen molar-refractivity contribution in [3.8, 4) is 5.75 Å². The van der Waals surface area contributed by atoms with Crippen LogP contribution >= 0.6 is 0 Å². The Balaban J connectivity index is 2.36. The molecule has 0 atom stereocenters. The zero-order valence-corrected chi connectivity index (χ0v) is 7.72. The van der Waals surface area contributed by atoms with E-state index in [0.717, 1.165) is 5.56 Å². The maximum atomic E-state index is 9.90. The number of aldehydes is 1. The summed E-state index contributed by atoms with van der Waals surface area (Å²) in [6.45, 7) is 0.541. The van der Waals surface area contributed by atoms with Crippen molar-refractivity contribution in [1.29, 1.82) is 0 Å². The van der Waals surface area contributed by atoms with Gasteiger partial charge in [0.15, 0.2) is 0 Å². The number of phenolic OH excluding ortho intramolecular Hbond substituents is 1. The number of carbonyl (C=O) groups is 1. The second-order valence-electron chi connectivity index (χ2n) is 2.70. The third-order valence-corrected chi connectivity index (χ3v) is 1.60. The van der Waals surface area contributed by atoms with Gasteiger partial charge in [0, 0.05) is 0 Å². The molecule has 0 heterocycles. The minimum absolute atomic E-state index is 0.125. The number of hydrogen-bond acceptors (Lipinski definition) is 3. The zero-order chi connectivity index (χ0) is 10.2. The highest BCUT2D eigenvalue weighted by Gasteiger charge is 1.87. The van der Waals surface area contributed by atoms with Gasteiger partial charge < -0.3 is 14.6 Å². The fourth-order valence-corrected chi connectivity index (χ4v) is 0.954. The Morgan fingerprint density at radius 1 is 1.21 bits per heavy atom.